The van der Waals surface area contributed by atoms with Crippen molar-refractivity contribution >= 4 is 0 Å². The number of unbranched alkanes of at least 4 members (excludes halogenated alkanes) is 1. The molecule has 0 nitrogen and oxygen atoms in total. The maximum Gasteiger partial charge on any atom is 0.389 e. The fourth-order valence-electron chi connectivity index (χ4n) is 0.365. The first-order valence-corrected chi connectivity index (χ1v) is 2.55. The van der Waals surface area contributed by atoms with Gasteiger partial charge in [0, 0.05) is 6.42 Å². The van der Waals surface area contributed by atoms with Gasteiger partial charge in [-0.25, -0.2) is 0 Å². The molecular formula is C6H8F3. The van der Waals surface area contributed by atoms with E-state index in [0.29, 0.717) is 6.42 Å². The van der Waals surface area contributed by atoms with Crippen LogP contribution in [-0.4, -0.2) is 6.18 Å². The Morgan fingerprint density at radius 2 is 1.89 bits per heavy atom. The van der Waals surface area contributed by atoms with Gasteiger partial charge in [-0.15, -0.1) is 6.58 Å². The van der Waals surface area contributed by atoms with E-state index in [-0.39, 0.29) is 0 Å². The van der Waals surface area contributed by atoms with Crippen LogP contribution in [0, 0.1) is 6.42 Å². The predicted molar refractivity (Wildman–Crippen MR) is 29.8 cm³/mol. The van der Waals surface area contributed by atoms with Gasteiger partial charge in [0.25, 0.3) is 0 Å². The van der Waals surface area contributed by atoms with E-state index in [0.717, 1.165) is 6.42 Å². The van der Waals surface area contributed by atoms with Crippen molar-refractivity contribution in [2.45, 2.75) is 19.0 Å². The smallest absolute Gasteiger partial charge is 0.171 e. The van der Waals surface area contributed by atoms with E-state index in [2.05, 4.69) is 6.58 Å². The summed E-state index contributed by atoms with van der Waals surface area (Å²) in [5.41, 5.74) is 0. The van der Waals surface area contributed by atoms with Crippen molar-refractivity contribution in [1.82, 2.24) is 0 Å². The molecule has 0 aromatic carbocycles. The Bertz CT molecular complexity index is 82.8. The van der Waals surface area contributed by atoms with Gasteiger partial charge in [0.05, 0.1) is 0 Å². The molecule has 0 atom stereocenters. The summed E-state index contributed by atoms with van der Waals surface area (Å²) in [5, 5.41) is 0. The predicted octanol–water partition coefficient (Wildman–Crippen LogP) is 2.72. The second kappa shape index (κ2) is 3.54. The summed E-state index contributed by atoms with van der Waals surface area (Å²) in [6, 6.07) is 0. The highest BCUT2D eigenvalue weighted by Crippen LogP contribution is 2.21. The summed E-state index contributed by atoms with van der Waals surface area (Å²) in [7, 11) is 0. The molecule has 0 amide bonds. The van der Waals surface area contributed by atoms with Gasteiger partial charge in [-0.3, -0.25) is 0 Å². The molecule has 0 saturated carbocycles. The standard InChI is InChI=1S/C6H8F3/c1-2-3-4-5-6(7,8)9/h2,4H,1,3,5H2. The summed E-state index contributed by atoms with van der Waals surface area (Å²) in [6.45, 7) is 3.28. The number of alkyl halides is 3. The minimum atomic E-state index is -4.05. The molecule has 1 radical (unpaired) electrons. The second-order valence-electron chi connectivity index (χ2n) is 1.63. The summed E-state index contributed by atoms with van der Waals surface area (Å²) in [6.07, 6.45) is -1.97. The molecule has 0 aromatic heterocycles. The van der Waals surface area contributed by atoms with Gasteiger partial charge in [0.2, 0.25) is 0 Å². The molecule has 0 aliphatic carbocycles. The largest absolute Gasteiger partial charge is 0.389 e. The van der Waals surface area contributed by atoms with Crippen molar-refractivity contribution in [3.63, 3.8) is 0 Å². The molecule has 0 rings (SSSR count). The Labute approximate surface area is 52.4 Å². The molecule has 0 aliphatic rings. The molecule has 0 heterocycles. The van der Waals surface area contributed by atoms with Crippen LogP contribution in [0.15, 0.2) is 12.7 Å². The third kappa shape index (κ3) is 7.53. The molecule has 0 unspecified atom stereocenters. The number of halogens is 3. The molecule has 0 aromatic rings. The lowest BCUT2D eigenvalue weighted by Gasteiger charge is -2.02. The Hall–Kier alpha value is -0.470. The van der Waals surface area contributed by atoms with Crippen molar-refractivity contribution in [3.05, 3.63) is 19.1 Å². The van der Waals surface area contributed by atoms with Crippen molar-refractivity contribution < 1.29 is 13.2 Å². The van der Waals surface area contributed by atoms with Crippen LogP contribution in [0.5, 0.6) is 0 Å². The Morgan fingerprint density at radius 3 is 2.22 bits per heavy atom. The van der Waals surface area contributed by atoms with Gasteiger partial charge >= 0.3 is 6.18 Å². The topological polar surface area (TPSA) is 0 Å². The van der Waals surface area contributed by atoms with E-state index >= 15 is 0 Å². The zero-order valence-corrected chi connectivity index (χ0v) is 4.91. The van der Waals surface area contributed by atoms with Crippen LogP contribution in [0.2, 0.25) is 0 Å². The third-order valence-electron chi connectivity index (χ3n) is 0.709. The average molecular weight is 137 g/mol. The molecule has 0 spiro atoms. The van der Waals surface area contributed by atoms with Crippen LogP contribution in [0.25, 0.3) is 0 Å². The fourth-order valence-corrected chi connectivity index (χ4v) is 0.365. The Kier molecular flexibility index (Phi) is 3.35. The van der Waals surface area contributed by atoms with E-state index in [1.807, 2.05) is 0 Å². The van der Waals surface area contributed by atoms with E-state index in [1.54, 1.807) is 0 Å². The minimum absolute atomic E-state index is 0.319. The van der Waals surface area contributed by atoms with Crippen LogP contribution >= 0.6 is 0 Å². The third-order valence-corrected chi connectivity index (χ3v) is 0.709. The quantitative estimate of drug-likeness (QED) is 0.414. The summed E-state index contributed by atoms with van der Waals surface area (Å²) in [4.78, 5) is 0. The van der Waals surface area contributed by atoms with Crippen LogP contribution in [-0.2, 0) is 0 Å². The average Bonchev–Trinajstić information content (AvgIpc) is 1.63. The zero-order chi connectivity index (χ0) is 7.33. The number of hydrogen-bond acceptors (Lipinski definition) is 0. The van der Waals surface area contributed by atoms with Crippen molar-refractivity contribution in [2.75, 3.05) is 0 Å². The van der Waals surface area contributed by atoms with Crippen LogP contribution in [0.4, 0.5) is 13.2 Å². The van der Waals surface area contributed by atoms with E-state index in [4.69, 9.17) is 0 Å². The van der Waals surface area contributed by atoms with Crippen molar-refractivity contribution in [3.8, 4) is 0 Å². The van der Waals surface area contributed by atoms with Crippen LogP contribution in [0.3, 0.4) is 0 Å². The van der Waals surface area contributed by atoms with Crippen molar-refractivity contribution in [1.29, 1.82) is 0 Å². The first kappa shape index (κ1) is 8.53. The lowest BCUT2D eigenvalue weighted by atomic mass is 10.2. The van der Waals surface area contributed by atoms with E-state index in [9.17, 15) is 13.2 Å². The van der Waals surface area contributed by atoms with E-state index < -0.39 is 12.6 Å². The number of rotatable bonds is 3. The lowest BCUT2D eigenvalue weighted by Crippen LogP contribution is -2.06. The molecule has 0 N–H and O–H groups in total. The van der Waals surface area contributed by atoms with Gasteiger partial charge in [-0.05, 0) is 12.8 Å². The number of hydrogen-bond donors (Lipinski definition) is 0. The molecule has 9 heavy (non-hydrogen) atoms. The van der Waals surface area contributed by atoms with Gasteiger partial charge < -0.3 is 0 Å². The second-order valence-corrected chi connectivity index (χ2v) is 1.63. The van der Waals surface area contributed by atoms with Crippen molar-refractivity contribution in [2.24, 2.45) is 0 Å². The lowest BCUT2D eigenvalue weighted by molar-refractivity contribution is -0.128. The maximum atomic E-state index is 11.3. The molecule has 0 aliphatic heterocycles. The fraction of sp³-hybridized carbons (Fsp3) is 0.500. The SMILES string of the molecule is C=CC[CH]CC(F)(F)F. The highest BCUT2D eigenvalue weighted by Gasteiger charge is 2.25. The maximum absolute atomic E-state index is 11.3. The first-order valence-electron chi connectivity index (χ1n) is 2.55. The Balaban J connectivity index is 3.17. The van der Waals surface area contributed by atoms with Crippen LogP contribution < -0.4 is 0 Å². The number of allylic oxidation sites excluding steroid dienone is 1. The molecule has 0 fully saturated rings. The minimum Gasteiger partial charge on any atom is -0.171 e. The van der Waals surface area contributed by atoms with Gasteiger partial charge in [-0.1, -0.05) is 6.08 Å². The summed E-state index contributed by atoms with van der Waals surface area (Å²) >= 11 is 0. The highest BCUT2D eigenvalue weighted by atomic mass is 19.4. The molecule has 0 bridgehead atoms. The van der Waals surface area contributed by atoms with Gasteiger partial charge in [0.15, 0.2) is 0 Å². The highest BCUT2D eigenvalue weighted by molar-refractivity contribution is 4.79. The molecule has 3 heteroatoms. The molecule has 53 valence electrons. The monoisotopic (exact) mass is 137 g/mol. The van der Waals surface area contributed by atoms with Gasteiger partial charge in [0.1, 0.15) is 0 Å². The zero-order valence-electron chi connectivity index (χ0n) is 4.91. The van der Waals surface area contributed by atoms with E-state index in [1.165, 1.54) is 6.08 Å². The summed E-state index contributed by atoms with van der Waals surface area (Å²) < 4.78 is 33.9. The molecular weight excluding hydrogens is 129 g/mol. The summed E-state index contributed by atoms with van der Waals surface area (Å²) in [5.74, 6) is 0. The molecule has 0 saturated heterocycles. The Morgan fingerprint density at radius 1 is 1.33 bits per heavy atom. The van der Waals surface area contributed by atoms with Crippen LogP contribution in [0.1, 0.15) is 12.8 Å². The van der Waals surface area contributed by atoms with Gasteiger partial charge in [-0.2, -0.15) is 13.2 Å². The first-order chi connectivity index (χ1) is 4.06. The normalized spacial score (nSPS) is 11.4.